The van der Waals surface area contributed by atoms with Crippen molar-refractivity contribution in [3.05, 3.63) is 41.6 Å². The maximum atomic E-state index is 5.82. The fraction of sp³-hybridized carbons (Fsp3) is 0.308. The van der Waals surface area contributed by atoms with Gasteiger partial charge < -0.3 is 5.73 Å². The highest BCUT2D eigenvalue weighted by molar-refractivity contribution is 7.99. The van der Waals surface area contributed by atoms with Gasteiger partial charge in [0.1, 0.15) is 0 Å². The molecule has 0 saturated heterocycles. The van der Waals surface area contributed by atoms with E-state index >= 15 is 0 Å². The van der Waals surface area contributed by atoms with E-state index in [2.05, 4.69) is 35.4 Å². The van der Waals surface area contributed by atoms with E-state index in [4.69, 9.17) is 5.73 Å². The summed E-state index contributed by atoms with van der Waals surface area (Å²) in [6.07, 6.45) is 0. The zero-order chi connectivity index (χ0) is 12.4. The van der Waals surface area contributed by atoms with Gasteiger partial charge in [0.2, 0.25) is 0 Å². The minimum Gasteiger partial charge on any atom is -0.324 e. The molecule has 3 nitrogen and oxygen atoms in total. The summed E-state index contributed by atoms with van der Waals surface area (Å²) in [5.74, 6) is 0. The second-order valence-electron chi connectivity index (χ2n) is 4.21. The second-order valence-corrected chi connectivity index (χ2v) is 5.30. The van der Waals surface area contributed by atoms with Crippen molar-refractivity contribution in [2.24, 2.45) is 12.8 Å². The van der Waals surface area contributed by atoms with Gasteiger partial charge in [0, 0.05) is 18.0 Å². The summed E-state index contributed by atoms with van der Waals surface area (Å²) in [5, 5.41) is 5.48. The summed E-state index contributed by atoms with van der Waals surface area (Å²) in [6, 6.07) is 10.5. The Morgan fingerprint density at radius 1 is 1.29 bits per heavy atom. The molecule has 0 aliphatic heterocycles. The normalized spacial score (nSPS) is 12.7. The van der Waals surface area contributed by atoms with Gasteiger partial charge in [-0.25, -0.2) is 0 Å². The quantitative estimate of drug-likeness (QED) is 0.907. The molecular formula is C13H17N3S. The van der Waals surface area contributed by atoms with Crippen LogP contribution in [0, 0.1) is 6.92 Å². The van der Waals surface area contributed by atoms with Crippen molar-refractivity contribution >= 4 is 11.8 Å². The first-order valence-corrected chi connectivity index (χ1v) is 6.42. The van der Waals surface area contributed by atoms with E-state index in [0.717, 1.165) is 16.3 Å². The summed E-state index contributed by atoms with van der Waals surface area (Å²) in [7, 11) is 1.96. The van der Waals surface area contributed by atoms with Crippen LogP contribution in [-0.2, 0) is 7.05 Å². The summed E-state index contributed by atoms with van der Waals surface area (Å²) < 4.78 is 1.90. The molecule has 90 valence electrons. The van der Waals surface area contributed by atoms with Crippen molar-refractivity contribution < 1.29 is 0 Å². The van der Waals surface area contributed by atoms with Gasteiger partial charge in [-0.05, 0) is 37.6 Å². The van der Waals surface area contributed by atoms with E-state index in [1.807, 2.05) is 25.6 Å². The van der Waals surface area contributed by atoms with E-state index in [1.54, 1.807) is 11.8 Å². The van der Waals surface area contributed by atoms with Gasteiger partial charge in [-0.2, -0.15) is 5.10 Å². The number of benzene rings is 1. The van der Waals surface area contributed by atoms with Crippen LogP contribution in [0.2, 0.25) is 0 Å². The van der Waals surface area contributed by atoms with Crippen LogP contribution < -0.4 is 5.73 Å². The zero-order valence-electron chi connectivity index (χ0n) is 10.3. The SMILES string of the molecule is Cc1cc(Sc2ccc([C@@H](C)N)cc2)n(C)n1. The molecule has 2 N–H and O–H groups in total. The lowest BCUT2D eigenvalue weighted by Crippen LogP contribution is -2.04. The predicted molar refractivity (Wildman–Crippen MR) is 71.1 cm³/mol. The highest BCUT2D eigenvalue weighted by Crippen LogP contribution is 2.28. The Hall–Kier alpha value is -1.26. The van der Waals surface area contributed by atoms with Crippen LogP contribution in [0.15, 0.2) is 40.3 Å². The molecule has 0 bridgehead atoms. The van der Waals surface area contributed by atoms with Crippen LogP contribution in [0.5, 0.6) is 0 Å². The molecule has 1 aromatic heterocycles. The monoisotopic (exact) mass is 247 g/mol. The van der Waals surface area contributed by atoms with Gasteiger partial charge in [0.05, 0.1) is 10.7 Å². The minimum atomic E-state index is 0.0907. The molecule has 1 atom stereocenters. The van der Waals surface area contributed by atoms with Crippen LogP contribution in [0.1, 0.15) is 24.2 Å². The third kappa shape index (κ3) is 2.90. The first kappa shape index (κ1) is 12.2. The van der Waals surface area contributed by atoms with Crippen molar-refractivity contribution in [1.82, 2.24) is 9.78 Å². The molecule has 17 heavy (non-hydrogen) atoms. The Morgan fingerprint density at radius 3 is 2.41 bits per heavy atom. The smallest absolute Gasteiger partial charge is 0.0986 e. The highest BCUT2D eigenvalue weighted by atomic mass is 32.2. The molecule has 0 amide bonds. The van der Waals surface area contributed by atoms with Crippen LogP contribution >= 0.6 is 11.8 Å². The van der Waals surface area contributed by atoms with Gasteiger partial charge >= 0.3 is 0 Å². The standard InChI is InChI=1S/C13H17N3S/c1-9-8-13(16(3)15-9)17-12-6-4-11(5-7-12)10(2)14/h4-8,10H,14H2,1-3H3/t10-/m1/s1. The molecule has 0 radical (unpaired) electrons. The lowest BCUT2D eigenvalue weighted by Gasteiger charge is -2.06. The maximum absolute atomic E-state index is 5.82. The van der Waals surface area contributed by atoms with E-state index in [0.29, 0.717) is 0 Å². The Bertz CT molecular complexity index is 500. The fourth-order valence-corrected chi connectivity index (χ4v) is 2.56. The van der Waals surface area contributed by atoms with Crippen molar-refractivity contribution in [3.8, 4) is 0 Å². The van der Waals surface area contributed by atoms with E-state index in [-0.39, 0.29) is 6.04 Å². The van der Waals surface area contributed by atoms with Gasteiger partial charge in [0.15, 0.2) is 0 Å². The number of nitrogens with two attached hydrogens (primary N) is 1. The first-order chi connectivity index (χ1) is 8.06. The number of aryl methyl sites for hydroxylation is 2. The number of hydrogen-bond acceptors (Lipinski definition) is 3. The average molecular weight is 247 g/mol. The first-order valence-electron chi connectivity index (χ1n) is 5.60. The summed E-state index contributed by atoms with van der Waals surface area (Å²) >= 11 is 1.72. The highest BCUT2D eigenvalue weighted by Gasteiger charge is 2.05. The van der Waals surface area contributed by atoms with Crippen molar-refractivity contribution in [2.45, 2.75) is 29.8 Å². The fourth-order valence-electron chi connectivity index (χ4n) is 1.64. The number of aromatic nitrogens is 2. The number of hydrogen-bond donors (Lipinski definition) is 1. The number of nitrogens with zero attached hydrogens (tertiary/aromatic N) is 2. The van der Waals surface area contributed by atoms with E-state index in [1.165, 1.54) is 4.90 Å². The average Bonchev–Trinajstić information content (AvgIpc) is 2.58. The Morgan fingerprint density at radius 2 is 1.94 bits per heavy atom. The van der Waals surface area contributed by atoms with Crippen LogP contribution in [0.4, 0.5) is 0 Å². The topological polar surface area (TPSA) is 43.8 Å². The van der Waals surface area contributed by atoms with Gasteiger partial charge in [0.25, 0.3) is 0 Å². The van der Waals surface area contributed by atoms with Crippen LogP contribution in [0.25, 0.3) is 0 Å². The molecule has 4 heteroatoms. The van der Waals surface area contributed by atoms with Crippen molar-refractivity contribution in [1.29, 1.82) is 0 Å². The Kier molecular flexibility index (Phi) is 3.54. The third-order valence-corrected chi connectivity index (χ3v) is 3.69. The molecular weight excluding hydrogens is 230 g/mol. The van der Waals surface area contributed by atoms with Crippen molar-refractivity contribution in [3.63, 3.8) is 0 Å². The van der Waals surface area contributed by atoms with Crippen LogP contribution in [-0.4, -0.2) is 9.78 Å². The molecule has 2 aromatic rings. The molecule has 1 heterocycles. The van der Waals surface area contributed by atoms with Crippen LogP contribution in [0.3, 0.4) is 0 Å². The molecule has 0 unspecified atom stereocenters. The molecule has 2 rings (SSSR count). The molecule has 0 spiro atoms. The molecule has 0 saturated carbocycles. The van der Waals surface area contributed by atoms with Gasteiger partial charge in [-0.1, -0.05) is 23.9 Å². The van der Waals surface area contributed by atoms with Gasteiger partial charge in [-0.15, -0.1) is 0 Å². The largest absolute Gasteiger partial charge is 0.324 e. The molecule has 0 aliphatic rings. The minimum absolute atomic E-state index is 0.0907. The number of rotatable bonds is 3. The van der Waals surface area contributed by atoms with E-state index < -0.39 is 0 Å². The Labute approximate surface area is 106 Å². The second kappa shape index (κ2) is 4.94. The molecule has 1 aromatic carbocycles. The summed E-state index contributed by atoms with van der Waals surface area (Å²) in [4.78, 5) is 1.21. The van der Waals surface area contributed by atoms with Gasteiger partial charge in [-0.3, -0.25) is 4.68 Å². The summed E-state index contributed by atoms with van der Waals surface area (Å²) in [5.41, 5.74) is 8.03. The zero-order valence-corrected chi connectivity index (χ0v) is 11.2. The lowest BCUT2D eigenvalue weighted by atomic mass is 10.1. The van der Waals surface area contributed by atoms with E-state index in [9.17, 15) is 0 Å². The summed E-state index contributed by atoms with van der Waals surface area (Å²) in [6.45, 7) is 4.00. The molecule has 0 aliphatic carbocycles. The maximum Gasteiger partial charge on any atom is 0.0986 e. The predicted octanol–water partition coefficient (Wildman–Crippen LogP) is 2.90. The third-order valence-electron chi connectivity index (χ3n) is 2.59. The lowest BCUT2D eigenvalue weighted by molar-refractivity contribution is 0.692. The Balaban J connectivity index is 2.16. The molecule has 0 fully saturated rings. The van der Waals surface area contributed by atoms with Crippen molar-refractivity contribution in [2.75, 3.05) is 0 Å².